The lowest BCUT2D eigenvalue weighted by Crippen LogP contribution is -2.30. The first-order valence-corrected chi connectivity index (χ1v) is 8.45. The summed E-state index contributed by atoms with van der Waals surface area (Å²) in [5, 5.41) is 1.01. The molecule has 1 aliphatic heterocycles. The maximum Gasteiger partial charge on any atom is 0.266 e. The fraction of sp³-hybridized carbons (Fsp3) is 0.471. The molecule has 1 saturated heterocycles. The van der Waals surface area contributed by atoms with Gasteiger partial charge in [0.1, 0.15) is 4.88 Å². The smallest absolute Gasteiger partial charge is 0.266 e. The molecule has 0 spiro atoms. The Balaban J connectivity index is 1.84. The van der Waals surface area contributed by atoms with Crippen molar-refractivity contribution in [3.63, 3.8) is 0 Å². The number of likely N-dealkylation sites (tertiary alicyclic amines) is 1. The molecule has 116 valence electrons. The van der Waals surface area contributed by atoms with Gasteiger partial charge in [-0.05, 0) is 30.5 Å². The second-order valence-electron chi connectivity index (χ2n) is 6.72. The van der Waals surface area contributed by atoms with Gasteiger partial charge in [0.15, 0.2) is 0 Å². The van der Waals surface area contributed by atoms with E-state index in [4.69, 9.17) is 0 Å². The summed E-state index contributed by atoms with van der Waals surface area (Å²) in [5.41, 5.74) is 1.15. The van der Waals surface area contributed by atoms with Crippen molar-refractivity contribution in [1.29, 1.82) is 0 Å². The summed E-state index contributed by atoms with van der Waals surface area (Å²) in [6.45, 7) is 7.18. The Morgan fingerprint density at radius 1 is 1.32 bits per heavy atom. The van der Waals surface area contributed by atoms with Gasteiger partial charge in [-0.1, -0.05) is 20.8 Å². The first-order chi connectivity index (χ1) is 10.5. The molecule has 3 rings (SSSR count). The second kappa shape index (κ2) is 5.80. The Bertz CT molecular complexity index is 660. The summed E-state index contributed by atoms with van der Waals surface area (Å²) in [4.78, 5) is 24.1. The number of hydrogen-bond donors (Lipinski definition) is 0. The van der Waals surface area contributed by atoms with Crippen molar-refractivity contribution >= 4 is 17.2 Å². The molecule has 2 aromatic heterocycles. The topological polar surface area (TPSA) is 46.1 Å². The van der Waals surface area contributed by atoms with Gasteiger partial charge in [-0.3, -0.25) is 9.78 Å². The first kappa shape index (κ1) is 15.2. The highest BCUT2D eigenvalue weighted by Gasteiger charge is 2.32. The van der Waals surface area contributed by atoms with Crippen molar-refractivity contribution in [3.05, 3.63) is 46.2 Å². The average molecular weight is 315 g/mol. The molecule has 4 nitrogen and oxygen atoms in total. The summed E-state index contributed by atoms with van der Waals surface area (Å²) < 4.78 is 0. The number of nitrogens with zero attached hydrogens (tertiary/aromatic N) is 3. The van der Waals surface area contributed by atoms with Gasteiger partial charge in [-0.15, -0.1) is 11.3 Å². The Morgan fingerprint density at radius 3 is 2.68 bits per heavy atom. The minimum atomic E-state index is -0.0152. The van der Waals surface area contributed by atoms with E-state index in [0.717, 1.165) is 29.3 Å². The molecule has 1 atom stereocenters. The minimum absolute atomic E-state index is 0.0152. The van der Waals surface area contributed by atoms with Crippen LogP contribution in [0.5, 0.6) is 0 Å². The number of thiazole rings is 1. The molecule has 0 bridgehead atoms. The maximum atomic E-state index is 12.9. The van der Waals surface area contributed by atoms with Crippen molar-refractivity contribution in [2.24, 2.45) is 0 Å². The van der Waals surface area contributed by atoms with Gasteiger partial charge in [-0.2, -0.15) is 0 Å². The van der Waals surface area contributed by atoms with Crippen molar-refractivity contribution < 1.29 is 4.79 Å². The lowest BCUT2D eigenvalue weighted by atomic mass is 9.98. The summed E-state index contributed by atoms with van der Waals surface area (Å²) in [7, 11) is 0. The Kier molecular flexibility index (Phi) is 4.00. The predicted molar refractivity (Wildman–Crippen MR) is 88.1 cm³/mol. The standard InChI is InChI=1S/C17H21N3OS/c1-17(2,3)16-19-11-14(22-16)15(21)20-10-4-5-13(20)12-6-8-18-9-7-12/h6-9,11,13H,4-5,10H2,1-3H3/t13-/m1/s1. The summed E-state index contributed by atoms with van der Waals surface area (Å²) in [5.74, 6) is 0.104. The summed E-state index contributed by atoms with van der Waals surface area (Å²) >= 11 is 1.52. The zero-order chi connectivity index (χ0) is 15.7. The third-order valence-corrected chi connectivity index (χ3v) is 5.37. The molecule has 1 amide bonds. The van der Waals surface area contributed by atoms with E-state index < -0.39 is 0 Å². The van der Waals surface area contributed by atoms with Gasteiger partial charge in [0, 0.05) is 24.4 Å². The number of amides is 1. The molecule has 22 heavy (non-hydrogen) atoms. The van der Waals surface area contributed by atoms with Crippen LogP contribution in [0, 0.1) is 0 Å². The summed E-state index contributed by atoms with van der Waals surface area (Å²) in [6, 6.07) is 4.17. The number of pyridine rings is 1. The Hall–Kier alpha value is -1.75. The quantitative estimate of drug-likeness (QED) is 0.846. The molecule has 3 heterocycles. The van der Waals surface area contributed by atoms with Crippen LogP contribution in [-0.2, 0) is 5.41 Å². The summed E-state index contributed by atoms with van der Waals surface area (Å²) in [6.07, 6.45) is 7.38. The number of carbonyl (C=O) groups is 1. The maximum absolute atomic E-state index is 12.9. The number of carbonyl (C=O) groups excluding carboxylic acids is 1. The lowest BCUT2D eigenvalue weighted by molar-refractivity contribution is 0.0740. The first-order valence-electron chi connectivity index (χ1n) is 7.64. The highest BCUT2D eigenvalue weighted by Crippen LogP contribution is 2.34. The molecule has 0 N–H and O–H groups in total. The lowest BCUT2D eigenvalue weighted by Gasteiger charge is -2.24. The predicted octanol–water partition coefficient (Wildman–Crippen LogP) is 3.81. The van der Waals surface area contributed by atoms with Gasteiger partial charge < -0.3 is 4.90 Å². The van der Waals surface area contributed by atoms with Crippen LogP contribution in [0.1, 0.15) is 59.9 Å². The highest BCUT2D eigenvalue weighted by molar-refractivity contribution is 7.13. The van der Waals surface area contributed by atoms with Crippen LogP contribution < -0.4 is 0 Å². The molecule has 5 heteroatoms. The molecule has 2 aromatic rings. The number of rotatable bonds is 2. The van der Waals surface area contributed by atoms with E-state index in [-0.39, 0.29) is 17.4 Å². The van der Waals surface area contributed by atoms with E-state index >= 15 is 0 Å². The second-order valence-corrected chi connectivity index (χ2v) is 7.75. The van der Waals surface area contributed by atoms with Crippen molar-refractivity contribution in [1.82, 2.24) is 14.9 Å². The van der Waals surface area contributed by atoms with Crippen molar-refractivity contribution in [2.45, 2.75) is 45.1 Å². The fourth-order valence-electron chi connectivity index (χ4n) is 2.80. The molecule has 0 aliphatic carbocycles. The Morgan fingerprint density at radius 2 is 2.05 bits per heavy atom. The molecule has 1 fully saturated rings. The average Bonchev–Trinajstić information content (AvgIpc) is 3.16. The Labute approximate surface area is 135 Å². The number of hydrogen-bond acceptors (Lipinski definition) is 4. The SMILES string of the molecule is CC(C)(C)c1ncc(C(=O)N2CCC[C@@H]2c2ccncc2)s1. The zero-order valence-electron chi connectivity index (χ0n) is 13.2. The third kappa shape index (κ3) is 2.90. The van der Waals surface area contributed by atoms with Gasteiger partial charge >= 0.3 is 0 Å². The van der Waals surface area contributed by atoms with Crippen LogP contribution in [0.4, 0.5) is 0 Å². The molecule has 0 aromatic carbocycles. The molecular formula is C17H21N3OS. The van der Waals surface area contributed by atoms with E-state index in [2.05, 4.69) is 30.7 Å². The van der Waals surface area contributed by atoms with Crippen LogP contribution in [-0.4, -0.2) is 27.3 Å². The van der Waals surface area contributed by atoms with Gasteiger partial charge in [-0.25, -0.2) is 4.98 Å². The fourth-order valence-corrected chi connectivity index (χ4v) is 3.73. The zero-order valence-corrected chi connectivity index (χ0v) is 14.1. The van der Waals surface area contributed by atoms with E-state index in [0.29, 0.717) is 0 Å². The highest BCUT2D eigenvalue weighted by atomic mass is 32.1. The van der Waals surface area contributed by atoms with E-state index in [1.165, 1.54) is 16.9 Å². The van der Waals surface area contributed by atoms with Crippen LogP contribution in [0.15, 0.2) is 30.7 Å². The van der Waals surface area contributed by atoms with E-state index in [9.17, 15) is 4.79 Å². The minimum Gasteiger partial charge on any atom is -0.331 e. The molecule has 1 aliphatic rings. The molecule has 0 unspecified atom stereocenters. The molecule has 0 radical (unpaired) electrons. The van der Waals surface area contributed by atoms with Crippen LogP contribution >= 0.6 is 11.3 Å². The van der Waals surface area contributed by atoms with Crippen LogP contribution in [0.2, 0.25) is 0 Å². The monoisotopic (exact) mass is 315 g/mol. The number of aromatic nitrogens is 2. The van der Waals surface area contributed by atoms with Gasteiger partial charge in [0.05, 0.1) is 17.2 Å². The van der Waals surface area contributed by atoms with Crippen molar-refractivity contribution in [2.75, 3.05) is 6.54 Å². The van der Waals surface area contributed by atoms with Crippen molar-refractivity contribution in [3.8, 4) is 0 Å². The van der Waals surface area contributed by atoms with E-state index in [1.54, 1.807) is 18.6 Å². The van der Waals surface area contributed by atoms with Crippen LogP contribution in [0.25, 0.3) is 0 Å². The third-order valence-electron chi connectivity index (χ3n) is 3.96. The van der Waals surface area contributed by atoms with Gasteiger partial charge in [0.25, 0.3) is 5.91 Å². The molecule has 0 saturated carbocycles. The largest absolute Gasteiger partial charge is 0.331 e. The normalized spacial score (nSPS) is 18.7. The van der Waals surface area contributed by atoms with Crippen LogP contribution in [0.3, 0.4) is 0 Å². The van der Waals surface area contributed by atoms with Gasteiger partial charge in [0.2, 0.25) is 0 Å². The molecular weight excluding hydrogens is 294 g/mol. The van der Waals surface area contributed by atoms with E-state index in [1.807, 2.05) is 17.0 Å².